The lowest BCUT2D eigenvalue weighted by molar-refractivity contribution is -0.118. The molecule has 1 atom stereocenters. The average molecular weight is 332 g/mol. The third kappa shape index (κ3) is 3.16. The summed E-state index contributed by atoms with van der Waals surface area (Å²) in [6, 6.07) is 15.9. The minimum Gasteiger partial charge on any atom is -0.311 e. The molecule has 4 heteroatoms. The molecule has 114 valence electrons. The van der Waals surface area contributed by atoms with Gasteiger partial charge in [-0.05, 0) is 48.7 Å². The van der Waals surface area contributed by atoms with Crippen molar-refractivity contribution in [1.29, 1.82) is 0 Å². The third-order valence-corrected chi connectivity index (χ3v) is 5.51. The highest BCUT2D eigenvalue weighted by Gasteiger charge is 2.29. The number of amides is 1. The first kappa shape index (κ1) is 15.4. The van der Waals surface area contributed by atoms with Crippen LogP contribution in [0.5, 0.6) is 0 Å². The molecule has 0 fully saturated rings. The molecule has 0 saturated carbocycles. The fraction of sp³-hybridized carbons (Fsp3) is 0.278. The number of fused-ring (bicyclic) bond motifs is 1. The first-order valence-corrected chi connectivity index (χ1v) is 8.76. The van der Waals surface area contributed by atoms with E-state index in [9.17, 15) is 4.79 Å². The lowest BCUT2D eigenvalue weighted by atomic mass is 10.2. The van der Waals surface area contributed by atoms with Crippen LogP contribution >= 0.6 is 23.4 Å². The number of benzene rings is 2. The molecular weight excluding hydrogens is 314 g/mol. The summed E-state index contributed by atoms with van der Waals surface area (Å²) in [5.74, 6) is 0.201. The zero-order valence-corrected chi connectivity index (χ0v) is 14.0. The van der Waals surface area contributed by atoms with Gasteiger partial charge in [0.15, 0.2) is 0 Å². The molecule has 1 aliphatic heterocycles. The molecule has 1 amide bonds. The number of nitrogens with zero attached hydrogens (tertiary/aromatic N) is 1. The number of hydrogen-bond donors (Lipinski definition) is 0. The monoisotopic (exact) mass is 331 g/mol. The molecular formula is C18H18ClNOS. The number of rotatable bonds is 4. The van der Waals surface area contributed by atoms with E-state index < -0.39 is 0 Å². The SMILES string of the molecule is CC[C@H](Sc1ccc(Cl)cc1)C(=O)N1CCc2ccccc21. The predicted molar refractivity (Wildman–Crippen MR) is 93.9 cm³/mol. The van der Waals surface area contributed by atoms with E-state index in [4.69, 9.17) is 11.6 Å². The first-order valence-electron chi connectivity index (χ1n) is 7.50. The smallest absolute Gasteiger partial charge is 0.240 e. The standard InChI is InChI=1S/C18H18ClNOS/c1-2-17(22-15-9-7-14(19)8-10-15)18(21)20-12-11-13-5-3-4-6-16(13)20/h3-10,17H,2,11-12H2,1H3/t17-/m0/s1. The molecule has 0 radical (unpaired) electrons. The van der Waals surface area contributed by atoms with Crippen molar-refractivity contribution in [3.05, 3.63) is 59.1 Å². The third-order valence-electron chi connectivity index (χ3n) is 3.89. The Morgan fingerprint density at radius 2 is 1.95 bits per heavy atom. The lowest BCUT2D eigenvalue weighted by Gasteiger charge is -2.23. The van der Waals surface area contributed by atoms with Crippen molar-refractivity contribution in [1.82, 2.24) is 0 Å². The van der Waals surface area contributed by atoms with Crippen LogP contribution in [-0.2, 0) is 11.2 Å². The maximum Gasteiger partial charge on any atom is 0.240 e. The van der Waals surface area contributed by atoms with E-state index in [1.54, 1.807) is 11.8 Å². The van der Waals surface area contributed by atoms with Gasteiger partial charge in [0, 0.05) is 22.2 Å². The zero-order valence-electron chi connectivity index (χ0n) is 12.5. The molecule has 0 unspecified atom stereocenters. The van der Waals surface area contributed by atoms with Gasteiger partial charge in [-0.25, -0.2) is 0 Å². The Labute approximate surface area is 140 Å². The molecule has 1 aliphatic rings. The fourth-order valence-corrected chi connectivity index (χ4v) is 3.87. The van der Waals surface area contributed by atoms with Gasteiger partial charge >= 0.3 is 0 Å². The highest BCUT2D eigenvalue weighted by molar-refractivity contribution is 8.00. The number of carbonyl (C=O) groups is 1. The second-order valence-corrected chi connectivity index (χ2v) is 7.05. The largest absolute Gasteiger partial charge is 0.311 e. The van der Waals surface area contributed by atoms with Crippen LogP contribution in [0.3, 0.4) is 0 Å². The molecule has 3 rings (SSSR count). The van der Waals surface area contributed by atoms with Crippen LogP contribution in [0, 0.1) is 0 Å². The van der Waals surface area contributed by atoms with E-state index in [1.165, 1.54) is 5.56 Å². The normalized spacial score (nSPS) is 14.7. The Bertz CT molecular complexity index is 671. The molecule has 2 aromatic carbocycles. The second kappa shape index (κ2) is 6.76. The van der Waals surface area contributed by atoms with Gasteiger partial charge in [-0.2, -0.15) is 0 Å². The molecule has 2 aromatic rings. The van der Waals surface area contributed by atoms with Crippen molar-refractivity contribution >= 4 is 35.0 Å². The summed E-state index contributed by atoms with van der Waals surface area (Å²) in [4.78, 5) is 15.9. The van der Waals surface area contributed by atoms with Gasteiger partial charge in [-0.1, -0.05) is 36.7 Å². The molecule has 1 heterocycles. The first-order chi connectivity index (χ1) is 10.7. The zero-order chi connectivity index (χ0) is 15.5. The molecule has 22 heavy (non-hydrogen) atoms. The van der Waals surface area contributed by atoms with Crippen molar-refractivity contribution < 1.29 is 4.79 Å². The summed E-state index contributed by atoms with van der Waals surface area (Å²) in [6.07, 6.45) is 1.76. The van der Waals surface area contributed by atoms with Crippen molar-refractivity contribution in [3.63, 3.8) is 0 Å². The van der Waals surface area contributed by atoms with Gasteiger partial charge in [-0.3, -0.25) is 4.79 Å². The Hall–Kier alpha value is -1.45. The van der Waals surface area contributed by atoms with E-state index in [1.807, 2.05) is 47.4 Å². The van der Waals surface area contributed by atoms with Gasteiger partial charge in [0.1, 0.15) is 0 Å². The minimum absolute atomic E-state index is 0.0627. The Balaban J connectivity index is 1.76. The summed E-state index contributed by atoms with van der Waals surface area (Å²) in [7, 11) is 0. The van der Waals surface area contributed by atoms with Gasteiger partial charge in [0.2, 0.25) is 5.91 Å². The van der Waals surface area contributed by atoms with E-state index in [-0.39, 0.29) is 11.2 Å². The van der Waals surface area contributed by atoms with Crippen LogP contribution in [0.15, 0.2) is 53.4 Å². The lowest BCUT2D eigenvalue weighted by Crippen LogP contribution is -2.36. The predicted octanol–water partition coefficient (Wildman–Crippen LogP) is 4.80. The highest BCUT2D eigenvalue weighted by atomic mass is 35.5. The van der Waals surface area contributed by atoms with Crippen LogP contribution < -0.4 is 4.90 Å². The quantitative estimate of drug-likeness (QED) is 0.750. The fourth-order valence-electron chi connectivity index (χ4n) is 2.73. The maximum absolute atomic E-state index is 12.9. The summed E-state index contributed by atoms with van der Waals surface area (Å²) >= 11 is 7.54. The molecule has 0 saturated heterocycles. The summed E-state index contributed by atoms with van der Waals surface area (Å²) in [5, 5.41) is 0.657. The Morgan fingerprint density at radius 3 is 2.68 bits per heavy atom. The topological polar surface area (TPSA) is 20.3 Å². The molecule has 0 aromatic heterocycles. The average Bonchev–Trinajstić information content (AvgIpc) is 2.98. The van der Waals surface area contributed by atoms with Gasteiger partial charge in [-0.15, -0.1) is 11.8 Å². The summed E-state index contributed by atoms with van der Waals surface area (Å²) < 4.78 is 0. The highest BCUT2D eigenvalue weighted by Crippen LogP contribution is 2.33. The van der Waals surface area contributed by atoms with Crippen molar-refractivity contribution in [2.75, 3.05) is 11.4 Å². The van der Waals surface area contributed by atoms with Crippen LogP contribution in [0.4, 0.5) is 5.69 Å². The van der Waals surface area contributed by atoms with E-state index in [0.717, 1.165) is 35.0 Å². The number of anilines is 1. The molecule has 0 N–H and O–H groups in total. The number of thioether (sulfide) groups is 1. The Kier molecular flexibility index (Phi) is 4.74. The van der Waals surface area contributed by atoms with Crippen LogP contribution in [0.1, 0.15) is 18.9 Å². The Morgan fingerprint density at radius 1 is 1.23 bits per heavy atom. The number of carbonyl (C=O) groups excluding carboxylic acids is 1. The molecule has 0 bridgehead atoms. The van der Waals surface area contributed by atoms with Crippen molar-refractivity contribution in [3.8, 4) is 0 Å². The number of halogens is 1. The summed E-state index contributed by atoms with van der Waals surface area (Å²) in [5.41, 5.74) is 2.34. The van der Waals surface area contributed by atoms with Crippen LogP contribution in [0.25, 0.3) is 0 Å². The van der Waals surface area contributed by atoms with E-state index in [2.05, 4.69) is 13.0 Å². The van der Waals surface area contributed by atoms with Gasteiger partial charge < -0.3 is 4.90 Å². The number of para-hydroxylation sites is 1. The van der Waals surface area contributed by atoms with E-state index in [0.29, 0.717) is 0 Å². The number of hydrogen-bond acceptors (Lipinski definition) is 2. The van der Waals surface area contributed by atoms with Crippen molar-refractivity contribution in [2.45, 2.75) is 29.9 Å². The summed E-state index contributed by atoms with van der Waals surface area (Å²) in [6.45, 7) is 2.85. The van der Waals surface area contributed by atoms with Crippen LogP contribution in [-0.4, -0.2) is 17.7 Å². The minimum atomic E-state index is -0.0627. The van der Waals surface area contributed by atoms with Crippen LogP contribution in [0.2, 0.25) is 5.02 Å². The van der Waals surface area contributed by atoms with E-state index >= 15 is 0 Å². The second-order valence-electron chi connectivity index (χ2n) is 5.34. The van der Waals surface area contributed by atoms with Gasteiger partial charge in [0.05, 0.1) is 5.25 Å². The van der Waals surface area contributed by atoms with Gasteiger partial charge in [0.25, 0.3) is 0 Å². The molecule has 2 nitrogen and oxygen atoms in total. The molecule has 0 spiro atoms. The molecule has 0 aliphatic carbocycles. The van der Waals surface area contributed by atoms with Crippen molar-refractivity contribution in [2.24, 2.45) is 0 Å². The maximum atomic E-state index is 12.9.